The molecule has 1 heterocycles. The molecule has 1 aromatic rings. The Morgan fingerprint density at radius 1 is 1.38 bits per heavy atom. The number of nitrogens with zero attached hydrogens (tertiary/aromatic N) is 2. The highest BCUT2D eigenvalue weighted by molar-refractivity contribution is 5.68. The molecular weight excluding hydrogens is 268 g/mol. The number of rotatable bonds is 5. The minimum absolute atomic E-state index is 0.00265. The highest BCUT2D eigenvalue weighted by Gasteiger charge is 2.17. The summed E-state index contributed by atoms with van der Waals surface area (Å²) in [7, 11) is 1.94. The highest BCUT2D eigenvalue weighted by Crippen LogP contribution is 2.11. The van der Waals surface area contributed by atoms with Crippen LogP contribution in [-0.2, 0) is 18.3 Å². The Labute approximate surface area is 127 Å². The van der Waals surface area contributed by atoms with E-state index in [2.05, 4.69) is 22.7 Å². The van der Waals surface area contributed by atoms with E-state index in [4.69, 9.17) is 4.74 Å². The van der Waals surface area contributed by atoms with E-state index < -0.39 is 5.60 Å². The molecule has 21 heavy (non-hydrogen) atoms. The average Bonchev–Trinajstić information content (AvgIpc) is 2.52. The molecule has 0 saturated carbocycles. The fourth-order valence-corrected chi connectivity index (χ4v) is 2.05. The van der Waals surface area contributed by atoms with Crippen molar-refractivity contribution in [2.45, 2.75) is 59.7 Å². The molecular formula is C15H28N4O2. The van der Waals surface area contributed by atoms with Gasteiger partial charge in [0.25, 0.3) is 0 Å². The van der Waals surface area contributed by atoms with Gasteiger partial charge in [-0.05, 0) is 41.5 Å². The van der Waals surface area contributed by atoms with Crippen LogP contribution in [0.4, 0.5) is 4.79 Å². The number of hydrogen-bond acceptors (Lipinski definition) is 4. The topological polar surface area (TPSA) is 68.2 Å². The molecule has 2 N–H and O–H groups in total. The Morgan fingerprint density at radius 3 is 2.48 bits per heavy atom. The van der Waals surface area contributed by atoms with Crippen molar-refractivity contribution in [3.63, 3.8) is 0 Å². The van der Waals surface area contributed by atoms with E-state index in [1.807, 2.05) is 46.3 Å². The number of hydrogen-bond donors (Lipinski definition) is 2. The Morgan fingerprint density at radius 2 is 2.00 bits per heavy atom. The molecule has 0 saturated heterocycles. The summed E-state index contributed by atoms with van der Waals surface area (Å²) >= 11 is 0. The van der Waals surface area contributed by atoms with Crippen molar-refractivity contribution in [3.8, 4) is 0 Å². The molecule has 1 rings (SSSR count). The zero-order valence-electron chi connectivity index (χ0n) is 14.2. The summed E-state index contributed by atoms with van der Waals surface area (Å²) in [5.41, 5.74) is 2.94. The van der Waals surface area contributed by atoms with Gasteiger partial charge in [0.2, 0.25) is 0 Å². The SMILES string of the molecule is Cc1nn(C)c(C)c1CNCC(C)NC(=O)OC(C)(C)C. The lowest BCUT2D eigenvalue weighted by atomic mass is 10.2. The van der Waals surface area contributed by atoms with E-state index in [9.17, 15) is 4.79 Å². The number of carbonyl (C=O) groups excluding carboxylic acids is 1. The van der Waals surface area contributed by atoms with E-state index in [0.717, 1.165) is 17.9 Å². The van der Waals surface area contributed by atoms with Crippen LogP contribution in [0.25, 0.3) is 0 Å². The van der Waals surface area contributed by atoms with Gasteiger partial charge in [-0.25, -0.2) is 4.79 Å². The summed E-state index contributed by atoms with van der Waals surface area (Å²) in [6.07, 6.45) is -0.384. The summed E-state index contributed by atoms with van der Waals surface area (Å²) in [6, 6.07) is -0.00265. The summed E-state index contributed by atoms with van der Waals surface area (Å²) in [5, 5.41) is 10.5. The lowest BCUT2D eigenvalue weighted by molar-refractivity contribution is 0.0508. The predicted octanol–water partition coefficient (Wildman–Crippen LogP) is 2.04. The molecule has 0 aromatic carbocycles. The lowest BCUT2D eigenvalue weighted by Crippen LogP contribution is -2.42. The quantitative estimate of drug-likeness (QED) is 0.872. The van der Waals surface area contributed by atoms with Gasteiger partial charge in [-0.1, -0.05) is 0 Å². The van der Waals surface area contributed by atoms with E-state index >= 15 is 0 Å². The first-order valence-electron chi connectivity index (χ1n) is 7.29. The highest BCUT2D eigenvalue weighted by atomic mass is 16.6. The van der Waals surface area contributed by atoms with Gasteiger partial charge in [-0.2, -0.15) is 5.10 Å². The fourth-order valence-electron chi connectivity index (χ4n) is 2.05. The molecule has 0 aliphatic carbocycles. The van der Waals surface area contributed by atoms with Crippen LogP contribution in [0.15, 0.2) is 0 Å². The molecule has 0 radical (unpaired) electrons. The molecule has 0 aliphatic rings. The van der Waals surface area contributed by atoms with Crippen LogP contribution in [0, 0.1) is 13.8 Å². The van der Waals surface area contributed by atoms with Gasteiger partial charge in [0, 0.05) is 37.4 Å². The number of aryl methyl sites for hydroxylation is 2. The Balaban J connectivity index is 2.37. The minimum Gasteiger partial charge on any atom is -0.444 e. The summed E-state index contributed by atoms with van der Waals surface area (Å²) in [6.45, 7) is 13.0. The first kappa shape index (κ1) is 17.5. The predicted molar refractivity (Wildman–Crippen MR) is 83.2 cm³/mol. The summed E-state index contributed by atoms with van der Waals surface area (Å²) in [4.78, 5) is 11.6. The van der Waals surface area contributed by atoms with Crippen LogP contribution >= 0.6 is 0 Å². The van der Waals surface area contributed by atoms with E-state index in [-0.39, 0.29) is 12.1 Å². The molecule has 0 spiro atoms. The van der Waals surface area contributed by atoms with Crippen molar-refractivity contribution < 1.29 is 9.53 Å². The number of nitrogens with one attached hydrogen (secondary N) is 2. The molecule has 1 unspecified atom stereocenters. The largest absolute Gasteiger partial charge is 0.444 e. The first-order chi connectivity index (χ1) is 9.60. The lowest BCUT2D eigenvalue weighted by Gasteiger charge is -2.22. The number of ether oxygens (including phenoxy) is 1. The van der Waals surface area contributed by atoms with Crippen molar-refractivity contribution in [1.82, 2.24) is 20.4 Å². The Kier molecular flexibility index (Phi) is 5.78. The maximum absolute atomic E-state index is 11.6. The van der Waals surface area contributed by atoms with Gasteiger partial charge in [-0.3, -0.25) is 4.68 Å². The van der Waals surface area contributed by atoms with Crippen molar-refractivity contribution in [3.05, 3.63) is 17.0 Å². The molecule has 0 bridgehead atoms. The van der Waals surface area contributed by atoms with Gasteiger partial charge in [0.05, 0.1) is 5.69 Å². The summed E-state index contributed by atoms with van der Waals surface area (Å²) < 4.78 is 7.11. The molecule has 1 aromatic heterocycles. The third kappa shape index (κ3) is 5.75. The van der Waals surface area contributed by atoms with Crippen LogP contribution in [-0.4, -0.2) is 34.1 Å². The first-order valence-corrected chi connectivity index (χ1v) is 7.29. The number of aromatic nitrogens is 2. The smallest absolute Gasteiger partial charge is 0.407 e. The average molecular weight is 296 g/mol. The second-order valence-corrected chi connectivity index (χ2v) is 6.45. The van der Waals surface area contributed by atoms with E-state index in [0.29, 0.717) is 6.54 Å². The van der Waals surface area contributed by atoms with Gasteiger partial charge in [0.15, 0.2) is 0 Å². The number of amides is 1. The molecule has 1 atom stereocenters. The monoisotopic (exact) mass is 296 g/mol. The Bertz CT molecular complexity index is 489. The molecule has 0 aliphatic heterocycles. The van der Waals surface area contributed by atoms with Crippen molar-refractivity contribution in [2.75, 3.05) is 6.54 Å². The molecule has 120 valence electrons. The van der Waals surface area contributed by atoms with Crippen LogP contribution in [0.5, 0.6) is 0 Å². The number of carbonyl (C=O) groups is 1. The van der Waals surface area contributed by atoms with Crippen LogP contribution in [0.1, 0.15) is 44.6 Å². The molecule has 6 heteroatoms. The third-order valence-corrected chi connectivity index (χ3v) is 3.17. The number of alkyl carbamates (subject to hydrolysis) is 1. The molecule has 0 fully saturated rings. The van der Waals surface area contributed by atoms with Crippen molar-refractivity contribution in [2.24, 2.45) is 7.05 Å². The van der Waals surface area contributed by atoms with Gasteiger partial charge in [-0.15, -0.1) is 0 Å². The van der Waals surface area contributed by atoms with Gasteiger partial charge in [0.1, 0.15) is 5.60 Å². The maximum atomic E-state index is 11.6. The third-order valence-electron chi connectivity index (χ3n) is 3.17. The zero-order chi connectivity index (χ0) is 16.2. The second kappa shape index (κ2) is 6.93. The minimum atomic E-state index is -0.471. The molecule has 1 amide bonds. The zero-order valence-corrected chi connectivity index (χ0v) is 14.2. The van der Waals surface area contributed by atoms with E-state index in [1.165, 1.54) is 5.56 Å². The van der Waals surface area contributed by atoms with Gasteiger partial charge < -0.3 is 15.4 Å². The van der Waals surface area contributed by atoms with Crippen LogP contribution in [0.3, 0.4) is 0 Å². The maximum Gasteiger partial charge on any atom is 0.407 e. The van der Waals surface area contributed by atoms with Crippen LogP contribution < -0.4 is 10.6 Å². The Hall–Kier alpha value is -1.56. The van der Waals surface area contributed by atoms with E-state index in [1.54, 1.807) is 0 Å². The normalized spacial score (nSPS) is 13.1. The summed E-state index contributed by atoms with van der Waals surface area (Å²) in [5.74, 6) is 0. The standard InChI is InChI=1S/C15H28N4O2/c1-10(17-14(20)21-15(4,5)6)8-16-9-13-11(2)18-19(7)12(13)3/h10,16H,8-9H2,1-7H3,(H,17,20). The van der Waals surface area contributed by atoms with Crippen molar-refractivity contribution in [1.29, 1.82) is 0 Å². The second-order valence-electron chi connectivity index (χ2n) is 6.45. The van der Waals surface area contributed by atoms with Crippen LogP contribution in [0.2, 0.25) is 0 Å². The van der Waals surface area contributed by atoms with Crippen molar-refractivity contribution >= 4 is 6.09 Å². The van der Waals surface area contributed by atoms with Gasteiger partial charge >= 0.3 is 6.09 Å². The fraction of sp³-hybridized carbons (Fsp3) is 0.733. The molecule has 6 nitrogen and oxygen atoms in total.